The first-order chi connectivity index (χ1) is 10.2. The lowest BCUT2D eigenvalue weighted by atomic mass is 9.98. The molecule has 0 bridgehead atoms. The Morgan fingerprint density at radius 3 is 2.95 bits per heavy atom. The summed E-state index contributed by atoms with van der Waals surface area (Å²) in [5.74, 6) is -0.185. The lowest BCUT2D eigenvalue weighted by Gasteiger charge is -2.18. The zero-order chi connectivity index (χ0) is 14.8. The van der Waals surface area contributed by atoms with Gasteiger partial charge in [-0.1, -0.05) is 19.1 Å². The standard InChI is InChI=1S/C16H17FN4/c1-3-19-16(12-4-5-14(17)11(2)8-12)13-9-20-21-7-6-18-10-15(13)21/h4-10,16,19H,3H2,1-2H3. The molecule has 0 aliphatic heterocycles. The maximum atomic E-state index is 13.5. The molecule has 108 valence electrons. The number of aromatic nitrogens is 3. The fourth-order valence-corrected chi connectivity index (χ4v) is 2.53. The summed E-state index contributed by atoms with van der Waals surface area (Å²) < 4.78 is 15.3. The zero-order valence-electron chi connectivity index (χ0n) is 12.0. The van der Waals surface area contributed by atoms with Crippen LogP contribution in [0.5, 0.6) is 0 Å². The molecule has 0 spiro atoms. The average Bonchev–Trinajstić information content (AvgIpc) is 2.92. The number of aryl methyl sites for hydroxylation is 1. The lowest BCUT2D eigenvalue weighted by molar-refractivity contribution is 0.607. The molecule has 1 aromatic carbocycles. The Bertz CT molecular complexity index is 766. The molecule has 0 fully saturated rings. The topological polar surface area (TPSA) is 42.2 Å². The third-order valence-electron chi connectivity index (χ3n) is 3.59. The van der Waals surface area contributed by atoms with Crippen molar-refractivity contribution < 1.29 is 4.39 Å². The first kappa shape index (κ1) is 13.7. The molecule has 3 aromatic rings. The van der Waals surface area contributed by atoms with Crippen LogP contribution in [-0.4, -0.2) is 21.1 Å². The molecule has 0 aliphatic rings. The van der Waals surface area contributed by atoms with E-state index in [9.17, 15) is 4.39 Å². The van der Waals surface area contributed by atoms with E-state index in [1.807, 2.05) is 31.5 Å². The molecule has 1 unspecified atom stereocenters. The first-order valence-corrected chi connectivity index (χ1v) is 6.97. The second-order valence-electron chi connectivity index (χ2n) is 5.01. The van der Waals surface area contributed by atoms with Crippen LogP contribution in [0.1, 0.15) is 29.7 Å². The fraction of sp³-hybridized carbons (Fsp3) is 0.250. The summed E-state index contributed by atoms with van der Waals surface area (Å²) >= 11 is 0. The monoisotopic (exact) mass is 284 g/mol. The Morgan fingerprint density at radius 2 is 2.19 bits per heavy atom. The Morgan fingerprint density at radius 1 is 1.33 bits per heavy atom. The van der Waals surface area contributed by atoms with Crippen molar-refractivity contribution in [2.75, 3.05) is 6.54 Å². The predicted octanol–water partition coefficient (Wildman–Crippen LogP) is 2.88. The average molecular weight is 284 g/mol. The Hall–Kier alpha value is -2.27. The van der Waals surface area contributed by atoms with Crippen molar-refractivity contribution in [1.82, 2.24) is 19.9 Å². The maximum Gasteiger partial charge on any atom is 0.126 e. The van der Waals surface area contributed by atoms with E-state index in [1.54, 1.807) is 23.8 Å². The van der Waals surface area contributed by atoms with E-state index in [4.69, 9.17) is 0 Å². The van der Waals surface area contributed by atoms with Crippen LogP contribution < -0.4 is 5.32 Å². The number of benzene rings is 1. The molecule has 2 aromatic heterocycles. The van der Waals surface area contributed by atoms with Gasteiger partial charge in [0.1, 0.15) is 5.82 Å². The Labute approximate surface area is 122 Å². The van der Waals surface area contributed by atoms with E-state index in [-0.39, 0.29) is 11.9 Å². The van der Waals surface area contributed by atoms with Crippen molar-refractivity contribution >= 4 is 5.52 Å². The molecule has 5 heteroatoms. The summed E-state index contributed by atoms with van der Waals surface area (Å²) in [6, 6.07) is 5.17. The van der Waals surface area contributed by atoms with Crippen LogP contribution in [0.3, 0.4) is 0 Å². The molecular weight excluding hydrogens is 267 g/mol. The summed E-state index contributed by atoms with van der Waals surface area (Å²) in [5.41, 5.74) is 3.65. The second-order valence-corrected chi connectivity index (χ2v) is 5.01. The predicted molar refractivity (Wildman–Crippen MR) is 79.6 cm³/mol. The number of halogens is 1. The SMILES string of the molecule is CCNC(c1ccc(F)c(C)c1)c1cnn2ccncc12. The van der Waals surface area contributed by atoms with Crippen molar-refractivity contribution in [3.8, 4) is 0 Å². The fourth-order valence-electron chi connectivity index (χ4n) is 2.53. The molecule has 3 rings (SSSR count). The summed E-state index contributed by atoms with van der Waals surface area (Å²) in [6.45, 7) is 4.63. The number of hydrogen-bond acceptors (Lipinski definition) is 3. The van der Waals surface area contributed by atoms with Gasteiger partial charge in [-0.2, -0.15) is 5.10 Å². The van der Waals surface area contributed by atoms with Gasteiger partial charge in [0.05, 0.1) is 24.0 Å². The van der Waals surface area contributed by atoms with Gasteiger partial charge in [0.25, 0.3) is 0 Å². The van der Waals surface area contributed by atoms with Crippen LogP contribution in [-0.2, 0) is 0 Å². The van der Waals surface area contributed by atoms with Gasteiger partial charge in [0.2, 0.25) is 0 Å². The number of fused-ring (bicyclic) bond motifs is 1. The minimum absolute atomic E-state index is 0.0315. The van der Waals surface area contributed by atoms with Crippen molar-refractivity contribution in [2.24, 2.45) is 0 Å². The van der Waals surface area contributed by atoms with Crippen LogP contribution in [0.15, 0.2) is 43.0 Å². The van der Waals surface area contributed by atoms with Gasteiger partial charge in [-0.3, -0.25) is 4.98 Å². The van der Waals surface area contributed by atoms with Crippen LogP contribution in [0.2, 0.25) is 0 Å². The Balaban J connectivity index is 2.11. The van der Waals surface area contributed by atoms with Gasteiger partial charge in [0, 0.05) is 18.0 Å². The van der Waals surface area contributed by atoms with Crippen LogP contribution in [0.4, 0.5) is 4.39 Å². The van der Waals surface area contributed by atoms with Crippen LogP contribution >= 0.6 is 0 Å². The molecule has 2 heterocycles. The Kier molecular flexibility index (Phi) is 3.66. The van der Waals surface area contributed by atoms with Crippen molar-refractivity contribution in [3.63, 3.8) is 0 Å². The number of nitrogens with zero attached hydrogens (tertiary/aromatic N) is 3. The van der Waals surface area contributed by atoms with E-state index in [0.717, 1.165) is 23.2 Å². The van der Waals surface area contributed by atoms with E-state index in [2.05, 4.69) is 15.4 Å². The summed E-state index contributed by atoms with van der Waals surface area (Å²) in [7, 11) is 0. The minimum Gasteiger partial charge on any atom is -0.306 e. The summed E-state index contributed by atoms with van der Waals surface area (Å²) in [5, 5.41) is 7.79. The number of rotatable bonds is 4. The van der Waals surface area contributed by atoms with Crippen LogP contribution in [0.25, 0.3) is 5.52 Å². The van der Waals surface area contributed by atoms with Crippen molar-refractivity contribution in [3.05, 3.63) is 65.5 Å². The van der Waals surface area contributed by atoms with Crippen molar-refractivity contribution in [1.29, 1.82) is 0 Å². The number of nitrogens with one attached hydrogen (secondary N) is 1. The molecule has 0 amide bonds. The lowest BCUT2D eigenvalue weighted by Crippen LogP contribution is -2.22. The molecule has 0 radical (unpaired) electrons. The molecular formula is C16H17FN4. The van der Waals surface area contributed by atoms with E-state index < -0.39 is 0 Å². The highest BCUT2D eigenvalue weighted by Gasteiger charge is 2.18. The molecule has 0 aliphatic carbocycles. The van der Waals surface area contributed by atoms with Gasteiger partial charge < -0.3 is 5.32 Å². The normalized spacial score (nSPS) is 12.7. The maximum absolute atomic E-state index is 13.5. The molecule has 21 heavy (non-hydrogen) atoms. The third kappa shape index (κ3) is 2.52. The van der Waals surface area contributed by atoms with Crippen LogP contribution in [0, 0.1) is 12.7 Å². The first-order valence-electron chi connectivity index (χ1n) is 6.97. The molecule has 1 atom stereocenters. The summed E-state index contributed by atoms with van der Waals surface area (Å²) in [6.07, 6.45) is 7.15. The highest BCUT2D eigenvalue weighted by molar-refractivity contribution is 5.55. The number of hydrogen-bond donors (Lipinski definition) is 1. The minimum atomic E-state index is -0.185. The molecule has 1 N–H and O–H groups in total. The zero-order valence-corrected chi connectivity index (χ0v) is 12.0. The smallest absolute Gasteiger partial charge is 0.126 e. The quantitative estimate of drug-likeness (QED) is 0.801. The van der Waals surface area contributed by atoms with Gasteiger partial charge in [-0.15, -0.1) is 0 Å². The van der Waals surface area contributed by atoms with E-state index in [1.165, 1.54) is 6.07 Å². The largest absolute Gasteiger partial charge is 0.306 e. The molecule has 0 saturated carbocycles. The second kappa shape index (κ2) is 5.61. The van der Waals surface area contributed by atoms with E-state index >= 15 is 0 Å². The van der Waals surface area contributed by atoms with E-state index in [0.29, 0.717) is 5.56 Å². The van der Waals surface area contributed by atoms with Crippen molar-refractivity contribution in [2.45, 2.75) is 19.9 Å². The molecule has 0 saturated heterocycles. The molecule has 4 nitrogen and oxygen atoms in total. The highest BCUT2D eigenvalue weighted by atomic mass is 19.1. The summed E-state index contributed by atoms with van der Waals surface area (Å²) in [4.78, 5) is 4.17. The third-order valence-corrected chi connectivity index (χ3v) is 3.59. The highest BCUT2D eigenvalue weighted by Crippen LogP contribution is 2.26. The van der Waals surface area contributed by atoms with Gasteiger partial charge >= 0.3 is 0 Å². The van der Waals surface area contributed by atoms with Gasteiger partial charge in [-0.05, 0) is 30.7 Å². The van der Waals surface area contributed by atoms with Gasteiger partial charge in [-0.25, -0.2) is 8.91 Å². The van der Waals surface area contributed by atoms with Gasteiger partial charge in [0.15, 0.2) is 0 Å².